The Morgan fingerprint density at radius 1 is 0.794 bits per heavy atom. The van der Waals surface area contributed by atoms with Gasteiger partial charge in [0.2, 0.25) is 0 Å². The zero-order chi connectivity index (χ0) is 24.0. The van der Waals surface area contributed by atoms with E-state index in [4.69, 9.17) is 9.47 Å². The lowest BCUT2D eigenvalue weighted by Crippen LogP contribution is -2.47. The number of rotatable bonds is 3. The second-order valence-electron chi connectivity index (χ2n) is 10.8. The van der Waals surface area contributed by atoms with Gasteiger partial charge in [0.1, 0.15) is 17.1 Å². The smallest absolute Gasteiger partial charge is 0.131 e. The third-order valence-corrected chi connectivity index (χ3v) is 8.27. The standard InChI is InChI=1S/C30H40N2O2/c1-20-21(2)29-26(27(30(4,5)34-29)23-10-8-7-9-11-23)22(3)28(20)32-18-16-31(17-19-32)24-12-14-25(33-6)15-13-24/h12-15H,7-11,16-19H2,1-6H3. The van der Waals surface area contributed by atoms with Crippen LogP contribution in [-0.2, 0) is 0 Å². The molecule has 2 fully saturated rings. The van der Waals surface area contributed by atoms with Crippen molar-refractivity contribution in [2.75, 3.05) is 43.1 Å². The van der Waals surface area contributed by atoms with Crippen LogP contribution in [0, 0.1) is 20.8 Å². The van der Waals surface area contributed by atoms with E-state index in [1.807, 2.05) is 0 Å². The highest BCUT2D eigenvalue weighted by molar-refractivity contribution is 5.89. The maximum atomic E-state index is 6.69. The molecule has 2 aliphatic heterocycles. The van der Waals surface area contributed by atoms with Crippen molar-refractivity contribution in [2.24, 2.45) is 0 Å². The van der Waals surface area contributed by atoms with Gasteiger partial charge in [-0.1, -0.05) is 12.0 Å². The van der Waals surface area contributed by atoms with Crippen LogP contribution in [0.25, 0.3) is 5.57 Å². The van der Waals surface area contributed by atoms with E-state index in [9.17, 15) is 0 Å². The van der Waals surface area contributed by atoms with E-state index in [0.717, 1.165) is 37.7 Å². The van der Waals surface area contributed by atoms with Crippen molar-refractivity contribution in [1.82, 2.24) is 0 Å². The molecule has 5 rings (SSSR count). The second kappa shape index (κ2) is 8.87. The number of piperazine rings is 1. The van der Waals surface area contributed by atoms with Crippen molar-refractivity contribution in [2.45, 2.75) is 72.3 Å². The first-order valence-corrected chi connectivity index (χ1v) is 13.0. The fourth-order valence-electron chi connectivity index (χ4n) is 6.43. The number of allylic oxidation sites excluding steroid dienone is 1. The van der Waals surface area contributed by atoms with Gasteiger partial charge >= 0.3 is 0 Å². The van der Waals surface area contributed by atoms with Gasteiger partial charge in [0.05, 0.1) is 7.11 Å². The number of fused-ring (bicyclic) bond motifs is 1. The lowest BCUT2D eigenvalue weighted by Gasteiger charge is -2.39. The van der Waals surface area contributed by atoms with Gasteiger partial charge in [0.15, 0.2) is 0 Å². The summed E-state index contributed by atoms with van der Waals surface area (Å²) < 4.78 is 12.0. The summed E-state index contributed by atoms with van der Waals surface area (Å²) in [4.78, 5) is 5.11. The highest BCUT2D eigenvalue weighted by atomic mass is 16.5. The minimum Gasteiger partial charge on any atom is -0.497 e. The first kappa shape index (κ1) is 23.1. The summed E-state index contributed by atoms with van der Waals surface area (Å²) in [6, 6.07) is 8.46. The van der Waals surface area contributed by atoms with Crippen LogP contribution in [0.4, 0.5) is 11.4 Å². The highest BCUT2D eigenvalue weighted by Crippen LogP contribution is 2.53. The maximum Gasteiger partial charge on any atom is 0.131 e. The van der Waals surface area contributed by atoms with Gasteiger partial charge in [-0.05, 0) is 101 Å². The van der Waals surface area contributed by atoms with E-state index in [0.29, 0.717) is 0 Å². The van der Waals surface area contributed by atoms with Crippen LogP contribution in [0.5, 0.6) is 11.5 Å². The number of nitrogens with zero attached hydrogens (tertiary/aromatic N) is 2. The fourth-order valence-corrected chi connectivity index (χ4v) is 6.43. The van der Waals surface area contributed by atoms with E-state index < -0.39 is 0 Å². The third kappa shape index (κ3) is 3.85. The summed E-state index contributed by atoms with van der Waals surface area (Å²) in [5, 5.41) is 0. The summed E-state index contributed by atoms with van der Waals surface area (Å²) in [7, 11) is 1.72. The van der Waals surface area contributed by atoms with Crippen molar-refractivity contribution in [3.63, 3.8) is 0 Å². The molecular formula is C30H40N2O2. The first-order valence-electron chi connectivity index (χ1n) is 13.0. The summed E-state index contributed by atoms with van der Waals surface area (Å²) in [6.45, 7) is 15.5. The number of anilines is 2. The molecule has 4 heteroatoms. The largest absolute Gasteiger partial charge is 0.497 e. The molecule has 0 bridgehead atoms. The zero-order valence-corrected chi connectivity index (χ0v) is 21.9. The minimum atomic E-state index is -0.247. The van der Waals surface area contributed by atoms with Gasteiger partial charge in [-0.2, -0.15) is 0 Å². The minimum absolute atomic E-state index is 0.247. The molecule has 3 aliphatic rings. The monoisotopic (exact) mass is 460 g/mol. The van der Waals surface area contributed by atoms with Gasteiger partial charge in [-0.3, -0.25) is 0 Å². The molecule has 2 aromatic carbocycles. The Labute approximate surface area is 205 Å². The molecule has 2 heterocycles. The van der Waals surface area contributed by atoms with Gasteiger partial charge in [-0.25, -0.2) is 0 Å². The Morgan fingerprint density at radius 2 is 1.41 bits per heavy atom. The van der Waals surface area contributed by atoms with Crippen LogP contribution in [-0.4, -0.2) is 38.9 Å². The molecule has 0 aromatic heterocycles. The van der Waals surface area contributed by atoms with Crippen LogP contribution in [0.15, 0.2) is 29.8 Å². The molecule has 1 aliphatic carbocycles. The molecule has 0 spiro atoms. The van der Waals surface area contributed by atoms with Crippen LogP contribution in [0.1, 0.15) is 68.2 Å². The SMILES string of the molecule is COc1ccc(N2CCN(c3c(C)c(C)c4c(c3C)C(=C3CCCCC3)C(C)(C)O4)CC2)cc1. The molecule has 0 amide bonds. The first-order chi connectivity index (χ1) is 16.3. The van der Waals surface area contributed by atoms with Crippen molar-refractivity contribution in [3.05, 3.63) is 52.1 Å². The Bertz CT molecular complexity index is 1100. The molecule has 0 radical (unpaired) electrons. The number of hydrogen-bond donors (Lipinski definition) is 0. The summed E-state index contributed by atoms with van der Waals surface area (Å²) >= 11 is 0. The molecular weight excluding hydrogens is 420 g/mol. The Balaban J connectivity index is 1.48. The quantitative estimate of drug-likeness (QED) is 0.501. The van der Waals surface area contributed by atoms with Gasteiger partial charge in [-0.15, -0.1) is 0 Å². The normalized spacial score (nSPS) is 19.8. The average Bonchev–Trinajstić information content (AvgIpc) is 3.15. The third-order valence-electron chi connectivity index (χ3n) is 8.27. The highest BCUT2D eigenvalue weighted by Gasteiger charge is 2.41. The molecule has 34 heavy (non-hydrogen) atoms. The maximum absolute atomic E-state index is 6.69. The van der Waals surface area contributed by atoms with Crippen LogP contribution < -0.4 is 19.3 Å². The Hall–Kier alpha value is -2.62. The molecule has 2 aromatic rings. The van der Waals surface area contributed by atoms with E-state index in [2.05, 4.69) is 68.7 Å². The molecule has 1 saturated carbocycles. The summed E-state index contributed by atoms with van der Waals surface area (Å²) in [5.41, 5.74) is 11.1. The zero-order valence-electron chi connectivity index (χ0n) is 21.9. The van der Waals surface area contributed by atoms with E-state index in [-0.39, 0.29) is 5.60 Å². The Morgan fingerprint density at radius 3 is 2.03 bits per heavy atom. The van der Waals surface area contributed by atoms with Crippen molar-refractivity contribution >= 4 is 16.9 Å². The number of ether oxygens (including phenoxy) is 2. The number of methoxy groups -OCH3 is 1. The molecule has 0 atom stereocenters. The number of hydrogen-bond acceptors (Lipinski definition) is 4. The van der Waals surface area contributed by atoms with Crippen LogP contribution in [0.2, 0.25) is 0 Å². The van der Waals surface area contributed by atoms with Crippen molar-refractivity contribution in [3.8, 4) is 11.5 Å². The Kier molecular flexibility index (Phi) is 6.03. The van der Waals surface area contributed by atoms with Crippen LogP contribution in [0.3, 0.4) is 0 Å². The number of benzene rings is 2. The average molecular weight is 461 g/mol. The van der Waals surface area contributed by atoms with Crippen LogP contribution >= 0.6 is 0 Å². The molecule has 0 unspecified atom stereocenters. The predicted octanol–water partition coefficient (Wildman–Crippen LogP) is 6.84. The summed E-state index contributed by atoms with van der Waals surface area (Å²) in [5.74, 6) is 2.05. The molecule has 182 valence electrons. The van der Waals surface area contributed by atoms with Gasteiger partial charge < -0.3 is 19.3 Å². The van der Waals surface area contributed by atoms with Gasteiger partial charge in [0, 0.05) is 48.7 Å². The van der Waals surface area contributed by atoms with Gasteiger partial charge in [0.25, 0.3) is 0 Å². The lowest BCUT2D eigenvalue weighted by atomic mass is 9.80. The topological polar surface area (TPSA) is 24.9 Å². The van der Waals surface area contributed by atoms with E-state index >= 15 is 0 Å². The fraction of sp³-hybridized carbons (Fsp3) is 0.533. The van der Waals surface area contributed by atoms with Crippen molar-refractivity contribution < 1.29 is 9.47 Å². The van der Waals surface area contributed by atoms with E-state index in [1.54, 1.807) is 12.7 Å². The lowest BCUT2D eigenvalue weighted by molar-refractivity contribution is 0.187. The predicted molar refractivity (Wildman–Crippen MR) is 143 cm³/mol. The molecule has 1 saturated heterocycles. The molecule has 4 nitrogen and oxygen atoms in total. The second-order valence-corrected chi connectivity index (χ2v) is 10.8. The summed E-state index contributed by atoms with van der Waals surface area (Å²) in [6.07, 6.45) is 6.44. The van der Waals surface area contributed by atoms with Crippen molar-refractivity contribution in [1.29, 1.82) is 0 Å². The molecule has 0 N–H and O–H groups in total. The van der Waals surface area contributed by atoms with E-state index in [1.165, 1.54) is 71.3 Å².